The minimum Gasteiger partial charge on any atom is -0.358 e. The summed E-state index contributed by atoms with van der Waals surface area (Å²) < 4.78 is 0. The molecule has 8 heteroatoms. The lowest BCUT2D eigenvalue weighted by Crippen LogP contribution is -2.42. The van der Waals surface area contributed by atoms with Crippen molar-refractivity contribution in [2.45, 2.75) is 34.1 Å². The second-order valence-electron chi connectivity index (χ2n) is 9.40. The van der Waals surface area contributed by atoms with Crippen molar-refractivity contribution in [2.24, 2.45) is 0 Å². The fourth-order valence-electron chi connectivity index (χ4n) is 5.08. The lowest BCUT2D eigenvalue weighted by Gasteiger charge is -2.29. The fourth-order valence-corrected chi connectivity index (χ4v) is 5.08. The van der Waals surface area contributed by atoms with Gasteiger partial charge < -0.3 is 20.1 Å². The van der Waals surface area contributed by atoms with E-state index >= 15 is 0 Å². The second-order valence-corrected chi connectivity index (χ2v) is 9.40. The Morgan fingerprint density at radius 1 is 1.14 bits per heavy atom. The number of aromatic nitrogens is 3. The highest BCUT2D eigenvalue weighted by Crippen LogP contribution is 2.36. The summed E-state index contributed by atoms with van der Waals surface area (Å²) in [5.41, 5.74) is 8.18. The van der Waals surface area contributed by atoms with Gasteiger partial charge in [-0.25, -0.2) is 0 Å². The number of nitrogens with one attached hydrogen (secondary N) is 2. The van der Waals surface area contributed by atoms with Gasteiger partial charge in [-0.15, -0.1) is 0 Å². The molecule has 2 N–H and O–H groups in total. The van der Waals surface area contributed by atoms with Crippen molar-refractivity contribution in [1.82, 2.24) is 24.8 Å². The summed E-state index contributed by atoms with van der Waals surface area (Å²) in [6, 6.07) is 3.88. The van der Waals surface area contributed by atoms with Gasteiger partial charge in [0.05, 0.1) is 28.7 Å². The number of nitrogens with zero attached hydrogens (tertiary/aromatic N) is 4. The van der Waals surface area contributed by atoms with Gasteiger partial charge in [0, 0.05) is 61.0 Å². The van der Waals surface area contributed by atoms with Crippen molar-refractivity contribution in [1.29, 1.82) is 0 Å². The van der Waals surface area contributed by atoms with Gasteiger partial charge in [0.15, 0.2) is 0 Å². The number of H-pyrrole nitrogens is 1. The van der Waals surface area contributed by atoms with Gasteiger partial charge >= 0.3 is 0 Å². The zero-order valence-electron chi connectivity index (χ0n) is 21.3. The fraction of sp³-hybridized carbons (Fsp3) is 0.357. The third-order valence-corrected chi connectivity index (χ3v) is 7.37. The molecule has 0 radical (unpaired) electrons. The number of amides is 2. The molecule has 0 bridgehead atoms. The minimum absolute atomic E-state index is 0.0663. The van der Waals surface area contributed by atoms with E-state index in [1.54, 1.807) is 18.6 Å². The van der Waals surface area contributed by atoms with Crippen LogP contribution in [0.4, 0.5) is 5.69 Å². The molecule has 0 unspecified atom stereocenters. The first-order chi connectivity index (χ1) is 17.4. The van der Waals surface area contributed by atoms with Gasteiger partial charge in [0.2, 0.25) is 0 Å². The van der Waals surface area contributed by atoms with E-state index in [0.717, 1.165) is 77.5 Å². The maximum atomic E-state index is 13.3. The molecule has 0 saturated heterocycles. The lowest BCUT2D eigenvalue weighted by atomic mass is 10.00. The van der Waals surface area contributed by atoms with E-state index in [4.69, 9.17) is 0 Å². The molecule has 5 rings (SSSR count). The number of aryl methyl sites for hydroxylation is 1. The highest BCUT2D eigenvalue weighted by Gasteiger charge is 2.31. The number of aromatic amines is 1. The number of hydrogen-bond donors (Lipinski definition) is 2. The molecule has 0 spiro atoms. The van der Waals surface area contributed by atoms with Crippen molar-refractivity contribution >= 4 is 29.2 Å². The van der Waals surface area contributed by atoms with Crippen LogP contribution >= 0.6 is 0 Å². The van der Waals surface area contributed by atoms with E-state index in [1.807, 2.05) is 37.0 Å². The molecule has 0 aromatic carbocycles. The van der Waals surface area contributed by atoms with E-state index in [-0.39, 0.29) is 11.8 Å². The molecule has 0 saturated carbocycles. The second kappa shape index (κ2) is 9.70. The zero-order chi connectivity index (χ0) is 25.4. The summed E-state index contributed by atoms with van der Waals surface area (Å²) in [5.74, 6) is -0.109. The number of fused-ring (bicyclic) bond motifs is 2. The smallest absolute Gasteiger partial charge is 0.256 e. The molecule has 2 aliphatic rings. The zero-order valence-corrected chi connectivity index (χ0v) is 21.3. The number of carbonyl (C=O) groups is 2. The van der Waals surface area contributed by atoms with Crippen LogP contribution in [0.1, 0.15) is 52.3 Å². The Balaban J connectivity index is 1.46. The predicted octanol–water partition coefficient (Wildman–Crippen LogP) is 3.92. The largest absolute Gasteiger partial charge is 0.358 e. The normalized spacial score (nSPS) is 16.0. The van der Waals surface area contributed by atoms with Gasteiger partial charge in [-0.3, -0.25) is 19.6 Å². The maximum Gasteiger partial charge on any atom is 0.256 e. The average Bonchev–Trinajstić information content (AvgIpc) is 3.37. The van der Waals surface area contributed by atoms with Gasteiger partial charge in [-0.05, 0) is 56.3 Å². The summed E-state index contributed by atoms with van der Waals surface area (Å²) in [6.07, 6.45) is 7.88. The Hall–Kier alpha value is -3.78. The van der Waals surface area contributed by atoms with Gasteiger partial charge in [-0.1, -0.05) is 13.8 Å². The first-order valence-corrected chi connectivity index (χ1v) is 12.6. The number of hydrogen-bond acceptors (Lipinski definition) is 5. The highest BCUT2D eigenvalue weighted by molar-refractivity contribution is 6.35. The molecule has 0 aliphatic carbocycles. The molecule has 3 aromatic rings. The Labute approximate surface area is 211 Å². The van der Waals surface area contributed by atoms with Gasteiger partial charge in [0.25, 0.3) is 11.8 Å². The van der Waals surface area contributed by atoms with Crippen LogP contribution in [0, 0.1) is 13.8 Å². The molecular formula is C28H32N6O2. The number of carbonyl (C=O) groups excluding carboxylic acids is 2. The standard InChI is InChI=1S/C28H32N6O2/c1-5-33(6-2)11-12-34-10-8-22-26(28(34)36)18(4)23(31-22)14-20-19-13-24(21-15-29-9-7-17(21)3)30-16-25(19)32-27(20)35/h7,9,13-16,31H,5-6,8,10-12H2,1-4H3,(H,32,35)/b20-14-. The third-order valence-electron chi connectivity index (χ3n) is 7.37. The van der Waals surface area contributed by atoms with Gasteiger partial charge in [-0.2, -0.15) is 0 Å². The summed E-state index contributed by atoms with van der Waals surface area (Å²) >= 11 is 0. The van der Waals surface area contributed by atoms with Crippen LogP contribution in [0.25, 0.3) is 22.9 Å². The molecular weight excluding hydrogens is 452 g/mol. The quantitative estimate of drug-likeness (QED) is 0.496. The first-order valence-electron chi connectivity index (χ1n) is 12.6. The molecule has 5 heterocycles. The van der Waals surface area contributed by atoms with E-state index < -0.39 is 0 Å². The number of likely N-dealkylation sites (N-methyl/N-ethyl adjacent to an activating group) is 1. The van der Waals surface area contributed by atoms with E-state index in [0.29, 0.717) is 17.8 Å². The molecule has 0 fully saturated rings. The Bertz CT molecular complexity index is 1370. The average molecular weight is 485 g/mol. The number of pyridine rings is 2. The SMILES string of the molecule is CCN(CC)CCN1CCc2[nH]c(/C=C3\C(=O)Nc4cnc(-c5cnccc5C)cc43)c(C)c2C1=O. The number of rotatable bonds is 7. The van der Waals surface area contributed by atoms with Crippen LogP contribution in [0.15, 0.2) is 30.7 Å². The van der Waals surface area contributed by atoms with Crippen LogP contribution in [0.2, 0.25) is 0 Å². The molecule has 2 aliphatic heterocycles. The molecule has 36 heavy (non-hydrogen) atoms. The summed E-state index contributed by atoms with van der Waals surface area (Å²) in [7, 11) is 0. The van der Waals surface area contributed by atoms with Crippen LogP contribution in [-0.4, -0.2) is 69.3 Å². The monoisotopic (exact) mass is 484 g/mol. The van der Waals surface area contributed by atoms with Crippen LogP contribution < -0.4 is 5.32 Å². The van der Waals surface area contributed by atoms with Gasteiger partial charge in [0.1, 0.15) is 0 Å². The molecule has 8 nitrogen and oxygen atoms in total. The van der Waals surface area contributed by atoms with Crippen molar-refractivity contribution in [3.63, 3.8) is 0 Å². The molecule has 2 amide bonds. The molecule has 0 atom stereocenters. The summed E-state index contributed by atoms with van der Waals surface area (Å²) in [4.78, 5) is 42.7. The van der Waals surface area contributed by atoms with E-state index in [9.17, 15) is 9.59 Å². The van der Waals surface area contributed by atoms with E-state index in [2.05, 4.69) is 39.0 Å². The van der Waals surface area contributed by atoms with Crippen molar-refractivity contribution in [3.05, 3.63) is 64.4 Å². The summed E-state index contributed by atoms with van der Waals surface area (Å²) in [5, 5.41) is 2.92. The minimum atomic E-state index is -0.175. The van der Waals surface area contributed by atoms with Crippen molar-refractivity contribution < 1.29 is 9.59 Å². The Morgan fingerprint density at radius 2 is 1.94 bits per heavy atom. The van der Waals surface area contributed by atoms with Crippen LogP contribution in [0.3, 0.4) is 0 Å². The molecule has 3 aromatic heterocycles. The van der Waals surface area contributed by atoms with Crippen molar-refractivity contribution in [2.75, 3.05) is 38.0 Å². The maximum absolute atomic E-state index is 13.3. The van der Waals surface area contributed by atoms with Crippen LogP contribution in [0.5, 0.6) is 0 Å². The summed E-state index contributed by atoms with van der Waals surface area (Å²) in [6.45, 7) is 12.5. The topological polar surface area (TPSA) is 94.2 Å². The number of anilines is 1. The van der Waals surface area contributed by atoms with Crippen molar-refractivity contribution in [3.8, 4) is 11.3 Å². The predicted molar refractivity (Wildman–Crippen MR) is 142 cm³/mol. The van der Waals surface area contributed by atoms with Crippen LogP contribution in [-0.2, 0) is 11.2 Å². The Morgan fingerprint density at radius 3 is 2.69 bits per heavy atom. The third kappa shape index (κ3) is 4.22. The Kier molecular flexibility index (Phi) is 6.45. The van der Waals surface area contributed by atoms with E-state index in [1.165, 1.54) is 0 Å². The highest BCUT2D eigenvalue weighted by atomic mass is 16.2. The first kappa shape index (κ1) is 23.9. The molecule has 186 valence electrons. The lowest BCUT2D eigenvalue weighted by molar-refractivity contribution is -0.110.